The largest absolute Gasteiger partial charge is 0.311 e. The summed E-state index contributed by atoms with van der Waals surface area (Å²) in [7, 11) is 0. The number of hydrogen-bond donors (Lipinski definition) is 1. The topological polar surface area (TPSA) is 12.0 Å². The Hall–Kier alpha value is -0.480. The van der Waals surface area contributed by atoms with Crippen molar-refractivity contribution in [3.05, 3.63) is 0 Å². The molecule has 1 atom stereocenters. The van der Waals surface area contributed by atoms with Crippen LogP contribution in [0, 0.1) is 24.2 Å². The van der Waals surface area contributed by atoms with Crippen LogP contribution in [0.15, 0.2) is 0 Å². The van der Waals surface area contributed by atoms with Gasteiger partial charge in [-0.05, 0) is 31.6 Å². The first-order valence-electron chi connectivity index (χ1n) is 6.15. The Balaban J connectivity index is 4.06. The minimum atomic E-state index is 0.442. The van der Waals surface area contributed by atoms with Crippen LogP contribution < -0.4 is 5.32 Å². The van der Waals surface area contributed by atoms with Crippen LogP contribution in [0.2, 0.25) is 0 Å². The van der Waals surface area contributed by atoms with Crippen molar-refractivity contribution in [2.75, 3.05) is 0 Å². The average molecular weight is 209 g/mol. The second kappa shape index (κ2) is 7.77. The molecule has 0 bridgehead atoms. The molecule has 88 valence electrons. The van der Waals surface area contributed by atoms with Crippen LogP contribution in [0.25, 0.3) is 0 Å². The van der Waals surface area contributed by atoms with Gasteiger partial charge in [-0.3, -0.25) is 0 Å². The molecule has 0 aromatic heterocycles. The lowest BCUT2D eigenvalue weighted by atomic mass is 9.95. The molecule has 0 spiro atoms. The highest BCUT2D eigenvalue weighted by atomic mass is 14.9. The van der Waals surface area contributed by atoms with Crippen molar-refractivity contribution >= 4 is 0 Å². The van der Waals surface area contributed by atoms with Gasteiger partial charge < -0.3 is 5.32 Å². The maximum Gasteiger partial charge on any atom is 0.0238 e. The van der Waals surface area contributed by atoms with Gasteiger partial charge in [0.05, 0.1) is 0 Å². The second-order valence-electron chi connectivity index (χ2n) is 5.43. The van der Waals surface area contributed by atoms with Crippen molar-refractivity contribution in [3.8, 4) is 12.3 Å². The van der Waals surface area contributed by atoms with Gasteiger partial charge >= 0.3 is 0 Å². The molecule has 0 rings (SSSR count). The van der Waals surface area contributed by atoms with Gasteiger partial charge in [-0.1, -0.05) is 27.7 Å². The smallest absolute Gasteiger partial charge is 0.0238 e. The van der Waals surface area contributed by atoms with Crippen molar-refractivity contribution in [2.45, 2.75) is 66.0 Å². The third-order valence-electron chi connectivity index (χ3n) is 2.46. The molecule has 15 heavy (non-hydrogen) atoms. The molecule has 0 radical (unpaired) electrons. The molecule has 0 amide bonds. The van der Waals surface area contributed by atoms with Crippen LogP contribution >= 0.6 is 0 Å². The third kappa shape index (κ3) is 8.51. The zero-order chi connectivity index (χ0) is 11.8. The first-order valence-corrected chi connectivity index (χ1v) is 6.15. The SMILES string of the molecule is C#CCC(C)NC(CC(C)C)CC(C)C. The van der Waals surface area contributed by atoms with E-state index in [9.17, 15) is 0 Å². The number of hydrogen-bond acceptors (Lipinski definition) is 1. The molecule has 0 heterocycles. The highest BCUT2D eigenvalue weighted by Crippen LogP contribution is 2.14. The van der Waals surface area contributed by atoms with E-state index in [1.807, 2.05) is 0 Å². The Morgan fingerprint density at radius 2 is 1.47 bits per heavy atom. The van der Waals surface area contributed by atoms with Gasteiger partial charge in [0.1, 0.15) is 0 Å². The minimum absolute atomic E-state index is 0.442. The van der Waals surface area contributed by atoms with Gasteiger partial charge in [-0.2, -0.15) is 0 Å². The van der Waals surface area contributed by atoms with E-state index in [4.69, 9.17) is 6.42 Å². The van der Waals surface area contributed by atoms with Gasteiger partial charge in [0, 0.05) is 18.5 Å². The van der Waals surface area contributed by atoms with Crippen LogP contribution in [0.1, 0.15) is 53.9 Å². The summed E-state index contributed by atoms with van der Waals surface area (Å²) in [6.07, 6.45) is 8.63. The quantitative estimate of drug-likeness (QED) is 0.633. The van der Waals surface area contributed by atoms with Gasteiger partial charge in [0.15, 0.2) is 0 Å². The summed E-state index contributed by atoms with van der Waals surface area (Å²) in [5, 5.41) is 3.64. The molecule has 1 nitrogen and oxygen atoms in total. The summed E-state index contributed by atoms with van der Waals surface area (Å²) in [5.74, 6) is 4.22. The lowest BCUT2D eigenvalue weighted by Crippen LogP contribution is -2.38. The second-order valence-corrected chi connectivity index (χ2v) is 5.43. The van der Waals surface area contributed by atoms with E-state index >= 15 is 0 Å². The van der Waals surface area contributed by atoms with Gasteiger partial charge in [-0.25, -0.2) is 0 Å². The van der Waals surface area contributed by atoms with Crippen LogP contribution in [0.3, 0.4) is 0 Å². The van der Waals surface area contributed by atoms with E-state index < -0.39 is 0 Å². The van der Waals surface area contributed by atoms with Gasteiger partial charge in [0.2, 0.25) is 0 Å². The van der Waals surface area contributed by atoms with Crippen molar-refractivity contribution in [2.24, 2.45) is 11.8 Å². The predicted octanol–water partition coefficient (Wildman–Crippen LogP) is 3.45. The Morgan fingerprint density at radius 3 is 1.80 bits per heavy atom. The van der Waals surface area contributed by atoms with Crippen LogP contribution in [0.5, 0.6) is 0 Å². The molecule has 0 aromatic carbocycles. The zero-order valence-electron chi connectivity index (χ0n) is 11.0. The average Bonchev–Trinajstić information content (AvgIpc) is 2.00. The van der Waals surface area contributed by atoms with Crippen LogP contribution in [0.4, 0.5) is 0 Å². The van der Waals surface area contributed by atoms with Crippen molar-refractivity contribution in [1.82, 2.24) is 5.32 Å². The Bertz CT molecular complexity index is 178. The lowest BCUT2D eigenvalue weighted by molar-refractivity contribution is 0.334. The number of nitrogens with one attached hydrogen (secondary N) is 1. The zero-order valence-corrected chi connectivity index (χ0v) is 11.0. The number of rotatable bonds is 7. The first-order chi connectivity index (χ1) is 6.95. The fourth-order valence-electron chi connectivity index (χ4n) is 2.01. The minimum Gasteiger partial charge on any atom is -0.311 e. The molecule has 1 heteroatoms. The normalized spacial score (nSPS) is 13.5. The summed E-state index contributed by atoms with van der Waals surface area (Å²) in [6.45, 7) is 11.3. The van der Waals surface area contributed by atoms with E-state index in [1.165, 1.54) is 12.8 Å². The van der Waals surface area contributed by atoms with Crippen molar-refractivity contribution in [1.29, 1.82) is 0 Å². The summed E-state index contributed by atoms with van der Waals surface area (Å²) in [5.41, 5.74) is 0. The van der Waals surface area contributed by atoms with E-state index in [2.05, 4.69) is 45.9 Å². The Labute approximate surface area is 96.0 Å². The molecular weight excluding hydrogens is 182 g/mol. The number of terminal acetylenes is 1. The maximum absolute atomic E-state index is 5.32. The van der Waals surface area contributed by atoms with E-state index in [0.29, 0.717) is 12.1 Å². The lowest BCUT2D eigenvalue weighted by Gasteiger charge is -2.25. The molecular formula is C14H27N. The molecule has 0 aliphatic rings. The highest BCUT2D eigenvalue weighted by Gasteiger charge is 2.14. The Morgan fingerprint density at radius 1 is 1.00 bits per heavy atom. The Kier molecular flexibility index (Phi) is 7.52. The van der Waals surface area contributed by atoms with Gasteiger partial charge in [-0.15, -0.1) is 12.3 Å². The molecule has 1 unspecified atom stereocenters. The standard InChI is InChI=1S/C14H27N/c1-7-8-13(6)15-14(9-11(2)3)10-12(4)5/h1,11-15H,8-10H2,2-6H3. The molecule has 0 fully saturated rings. The van der Waals surface area contributed by atoms with E-state index in [-0.39, 0.29) is 0 Å². The molecule has 0 saturated heterocycles. The summed E-state index contributed by atoms with van der Waals surface area (Å²) in [4.78, 5) is 0. The van der Waals surface area contributed by atoms with Crippen LogP contribution in [-0.4, -0.2) is 12.1 Å². The van der Waals surface area contributed by atoms with Gasteiger partial charge in [0.25, 0.3) is 0 Å². The van der Waals surface area contributed by atoms with Crippen molar-refractivity contribution < 1.29 is 0 Å². The molecule has 1 N–H and O–H groups in total. The summed E-state index contributed by atoms with van der Waals surface area (Å²) < 4.78 is 0. The molecule has 0 aromatic rings. The predicted molar refractivity (Wildman–Crippen MR) is 68.7 cm³/mol. The van der Waals surface area contributed by atoms with Crippen molar-refractivity contribution in [3.63, 3.8) is 0 Å². The van der Waals surface area contributed by atoms with Crippen LogP contribution in [-0.2, 0) is 0 Å². The summed E-state index contributed by atoms with van der Waals surface area (Å²) in [6, 6.07) is 1.06. The fraction of sp³-hybridized carbons (Fsp3) is 0.857. The molecule has 0 aliphatic heterocycles. The molecule has 0 saturated carbocycles. The maximum atomic E-state index is 5.32. The summed E-state index contributed by atoms with van der Waals surface area (Å²) >= 11 is 0. The monoisotopic (exact) mass is 209 g/mol. The van der Waals surface area contributed by atoms with E-state index in [1.54, 1.807) is 0 Å². The third-order valence-corrected chi connectivity index (χ3v) is 2.46. The highest BCUT2D eigenvalue weighted by molar-refractivity contribution is 4.89. The fourth-order valence-corrected chi connectivity index (χ4v) is 2.01. The molecule has 0 aliphatic carbocycles. The first kappa shape index (κ1) is 14.5. The van der Waals surface area contributed by atoms with E-state index in [0.717, 1.165) is 18.3 Å².